The summed E-state index contributed by atoms with van der Waals surface area (Å²) < 4.78 is 3.76. The van der Waals surface area contributed by atoms with E-state index in [-0.39, 0.29) is 0 Å². The summed E-state index contributed by atoms with van der Waals surface area (Å²) in [6.45, 7) is 2.24. The summed E-state index contributed by atoms with van der Waals surface area (Å²) in [5.41, 5.74) is 9.16. The molecule has 3 heterocycles. The van der Waals surface area contributed by atoms with Crippen LogP contribution in [0.2, 0.25) is 0 Å². The van der Waals surface area contributed by atoms with E-state index in [1.165, 1.54) is 80.4 Å². The average molecular weight is 656 g/mol. The highest BCUT2D eigenvalue weighted by Gasteiger charge is 2.22. The van der Waals surface area contributed by atoms with Gasteiger partial charge in [-0.15, -0.1) is 11.3 Å². The lowest BCUT2D eigenvalue weighted by atomic mass is 9.93. The number of hydrogen-bond acceptors (Lipinski definition) is 2. The van der Waals surface area contributed by atoms with E-state index < -0.39 is 0 Å². The normalized spacial score (nSPS) is 12.1. The molecule has 3 nitrogen and oxygen atoms in total. The average Bonchev–Trinajstić information content (AvgIpc) is 3.86. The van der Waals surface area contributed by atoms with Gasteiger partial charge < -0.3 is 9.55 Å². The van der Waals surface area contributed by atoms with E-state index in [0.29, 0.717) is 0 Å². The maximum atomic E-state index is 5.43. The number of fused-ring (bicyclic) bond motifs is 12. The monoisotopic (exact) mass is 655 g/mol. The Bertz CT molecular complexity index is 3130. The van der Waals surface area contributed by atoms with E-state index in [1.54, 1.807) is 0 Å². The molecule has 0 saturated heterocycles. The molecule has 0 atom stereocenters. The molecule has 11 aromatic rings. The fourth-order valence-electron chi connectivity index (χ4n) is 8.36. The molecule has 3 aromatic heterocycles. The molecule has 0 unspecified atom stereocenters. The minimum absolute atomic E-state index is 0.888. The van der Waals surface area contributed by atoms with Crippen LogP contribution in [0.3, 0.4) is 0 Å². The number of benzene rings is 8. The van der Waals surface area contributed by atoms with Crippen molar-refractivity contribution in [2.75, 3.05) is 0 Å². The molecule has 50 heavy (non-hydrogen) atoms. The summed E-state index contributed by atoms with van der Waals surface area (Å²) in [4.78, 5) is 10.5. The Morgan fingerprint density at radius 3 is 1.86 bits per heavy atom. The zero-order valence-electron chi connectivity index (χ0n) is 27.2. The van der Waals surface area contributed by atoms with Gasteiger partial charge in [0.2, 0.25) is 0 Å². The summed E-state index contributed by atoms with van der Waals surface area (Å²) >= 11 is 1.86. The fourth-order valence-corrected chi connectivity index (χ4v) is 9.60. The van der Waals surface area contributed by atoms with Gasteiger partial charge in [0.15, 0.2) is 0 Å². The van der Waals surface area contributed by atoms with Crippen molar-refractivity contribution < 1.29 is 0 Å². The highest BCUT2D eigenvalue weighted by Crippen LogP contribution is 2.44. The lowest BCUT2D eigenvalue weighted by molar-refractivity contribution is 1.20. The number of imidazole rings is 1. The SMILES string of the molecule is Cc1c(-c2ccccc2-c2nc3c(ccc4c3c3ccccc3n4-c3cccc4c5ccccc5c5ccccc5c34)[nH]2)sc2ccccc12. The molecule has 0 radical (unpaired) electrons. The van der Waals surface area contributed by atoms with Crippen molar-refractivity contribution >= 4 is 86.6 Å². The first kappa shape index (κ1) is 27.7. The van der Waals surface area contributed by atoms with Crippen LogP contribution in [0.25, 0.3) is 103 Å². The molecule has 4 heteroatoms. The molecule has 0 spiro atoms. The van der Waals surface area contributed by atoms with Crippen LogP contribution in [0.15, 0.2) is 152 Å². The van der Waals surface area contributed by atoms with Crippen LogP contribution in [0.1, 0.15) is 5.56 Å². The van der Waals surface area contributed by atoms with Gasteiger partial charge >= 0.3 is 0 Å². The number of aromatic nitrogens is 3. The molecule has 234 valence electrons. The topological polar surface area (TPSA) is 33.6 Å². The van der Waals surface area contributed by atoms with Gasteiger partial charge in [-0.05, 0) is 75.1 Å². The molecular weight excluding hydrogens is 627 g/mol. The maximum absolute atomic E-state index is 5.43. The number of H-pyrrole nitrogens is 1. The van der Waals surface area contributed by atoms with Gasteiger partial charge in [0, 0.05) is 36.9 Å². The molecule has 0 aliphatic carbocycles. The second-order valence-corrected chi connectivity index (χ2v) is 14.2. The third-order valence-corrected chi connectivity index (χ3v) is 11.9. The van der Waals surface area contributed by atoms with Crippen molar-refractivity contribution in [3.05, 3.63) is 157 Å². The van der Waals surface area contributed by atoms with Crippen molar-refractivity contribution in [2.45, 2.75) is 6.92 Å². The summed E-state index contributed by atoms with van der Waals surface area (Å²) in [6, 6.07) is 55.0. The number of nitrogens with zero attached hydrogens (tertiary/aromatic N) is 2. The van der Waals surface area contributed by atoms with Crippen molar-refractivity contribution in [3.63, 3.8) is 0 Å². The predicted octanol–water partition coefficient (Wildman–Crippen LogP) is 13.0. The zero-order valence-corrected chi connectivity index (χ0v) is 28.1. The lowest BCUT2D eigenvalue weighted by Gasteiger charge is -2.16. The van der Waals surface area contributed by atoms with Gasteiger partial charge in [-0.3, -0.25) is 0 Å². The Hall–Kier alpha value is -6.23. The van der Waals surface area contributed by atoms with Gasteiger partial charge in [-0.25, -0.2) is 4.98 Å². The molecule has 8 aromatic carbocycles. The van der Waals surface area contributed by atoms with Crippen LogP contribution in [0.4, 0.5) is 0 Å². The van der Waals surface area contributed by atoms with Gasteiger partial charge in [0.05, 0.1) is 27.8 Å². The zero-order chi connectivity index (χ0) is 32.9. The van der Waals surface area contributed by atoms with Crippen molar-refractivity contribution in [3.8, 4) is 27.5 Å². The van der Waals surface area contributed by atoms with E-state index in [1.807, 2.05) is 11.3 Å². The first-order chi connectivity index (χ1) is 24.7. The molecule has 0 fully saturated rings. The van der Waals surface area contributed by atoms with Crippen LogP contribution >= 0.6 is 11.3 Å². The molecule has 0 aliphatic heterocycles. The molecule has 0 aliphatic rings. The second-order valence-electron chi connectivity index (χ2n) is 13.2. The maximum Gasteiger partial charge on any atom is 0.139 e. The third-order valence-electron chi connectivity index (χ3n) is 10.5. The highest BCUT2D eigenvalue weighted by atomic mass is 32.1. The first-order valence-electron chi connectivity index (χ1n) is 17.1. The quantitative estimate of drug-likeness (QED) is 0.189. The van der Waals surface area contributed by atoms with E-state index in [4.69, 9.17) is 4.98 Å². The molecule has 1 N–H and O–H groups in total. The van der Waals surface area contributed by atoms with Crippen molar-refractivity contribution in [1.82, 2.24) is 14.5 Å². The van der Waals surface area contributed by atoms with Crippen LogP contribution in [0, 0.1) is 6.92 Å². The van der Waals surface area contributed by atoms with Gasteiger partial charge in [-0.1, -0.05) is 121 Å². The molecule has 11 rings (SSSR count). The van der Waals surface area contributed by atoms with Gasteiger partial charge in [0.1, 0.15) is 5.82 Å². The molecule has 0 amide bonds. The van der Waals surface area contributed by atoms with E-state index in [9.17, 15) is 0 Å². The number of thiophene rings is 1. The molecule has 0 bridgehead atoms. The number of hydrogen-bond donors (Lipinski definition) is 1. The summed E-state index contributed by atoms with van der Waals surface area (Å²) in [7, 11) is 0. The Kier molecular flexibility index (Phi) is 5.75. The van der Waals surface area contributed by atoms with Crippen LogP contribution in [-0.2, 0) is 0 Å². The first-order valence-corrected chi connectivity index (χ1v) is 17.9. The number of para-hydroxylation sites is 1. The fraction of sp³-hybridized carbons (Fsp3) is 0.0217. The summed E-state index contributed by atoms with van der Waals surface area (Å²) in [5.74, 6) is 0.888. The Morgan fingerprint density at radius 1 is 0.500 bits per heavy atom. The van der Waals surface area contributed by atoms with Crippen LogP contribution < -0.4 is 0 Å². The third kappa shape index (κ3) is 3.77. The smallest absolute Gasteiger partial charge is 0.139 e. The number of aromatic amines is 1. The van der Waals surface area contributed by atoms with E-state index >= 15 is 0 Å². The highest BCUT2D eigenvalue weighted by molar-refractivity contribution is 7.22. The van der Waals surface area contributed by atoms with E-state index in [0.717, 1.165) is 27.9 Å². The molecule has 0 saturated carbocycles. The Morgan fingerprint density at radius 2 is 1.10 bits per heavy atom. The Labute approximate surface area is 291 Å². The summed E-state index contributed by atoms with van der Waals surface area (Å²) in [5, 5.41) is 11.3. The van der Waals surface area contributed by atoms with Crippen molar-refractivity contribution in [2.24, 2.45) is 0 Å². The van der Waals surface area contributed by atoms with Crippen LogP contribution in [0.5, 0.6) is 0 Å². The van der Waals surface area contributed by atoms with Gasteiger partial charge in [0.25, 0.3) is 0 Å². The van der Waals surface area contributed by atoms with Crippen LogP contribution in [-0.4, -0.2) is 14.5 Å². The number of nitrogens with one attached hydrogen (secondary N) is 1. The lowest BCUT2D eigenvalue weighted by Crippen LogP contribution is -1.96. The number of aryl methyl sites for hydroxylation is 1. The van der Waals surface area contributed by atoms with Gasteiger partial charge in [-0.2, -0.15) is 0 Å². The van der Waals surface area contributed by atoms with Crippen molar-refractivity contribution in [1.29, 1.82) is 0 Å². The summed E-state index contributed by atoms with van der Waals surface area (Å²) in [6.07, 6.45) is 0. The number of rotatable bonds is 3. The van der Waals surface area contributed by atoms with E-state index in [2.05, 4.69) is 168 Å². The minimum Gasteiger partial charge on any atom is -0.338 e. The minimum atomic E-state index is 0.888. The second kappa shape index (κ2) is 10.4. The molecular formula is C46H29N3S. The standard InChI is InChI=1S/C46H29N3S/c1-27-28-13-9-11-24-41(28)50-45(27)34-18-6-7-19-35(34)46-47-37-25-26-40-43(44(37)48-46)36-20-8-10-22-38(36)49(40)39-23-12-21-33-31-15-3-2-14-29(31)30-16-4-5-17-32(30)42(33)39/h2-26H,1H3,(H,47,48). The largest absolute Gasteiger partial charge is 0.338 e. The Balaban J connectivity index is 1.20. The predicted molar refractivity (Wildman–Crippen MR) is 214 cm³/mol.